The van der Waals surface area contributed by atoms with E-state index in [4.69, 9.17) is 0 Å². The van der Waals surface area contributed by atoms with Crippen LogP contribution >= 0.6 is 0 Å². The third kappa shape index (κ3) is 4.95. The highest BCUT2D eigenvalue weighted by atomic mass is 28.4. The van der Waals surface area contributed by atoms with Gasteiger partial charge in [-0.15, -0.1) is 0 Å². The fourth-order valence-corrected chi connectivity index (χ4v) is 3.19. The molecule has 0 aliphatic heterocycles. The summed E-state index contributed by atoms with van der Waals surface area (Å²) in [6.45, 7) is -2.59. The van der Waals surface area contributed by atoms with E-state index >= 15 is 0 Å². The first-order chi connectivity index (χ1) is 11.7. The van der Waals surface area contributed by atoms with E-state index < -0.39 is 51.7 Å². The first-order valence-corrected chi connectivity index (χ1v) is 7.75. The summed E-state index contributed by atoms with van der Waals surface area (Å²) >= 11 is 0. The van der Waals surface area contributed by atoms with Crippen LogP contribution in [-0.2, 0) is 18.0 Å². The Balaban J connectivity index is 5.52. The molecule has 0 fully saturated rings. The van der Waals surface area contributed by atoms with Gasteiger partial charge in [-0.05, 0) is 0 Å². The van der Waals surface area contributed by atoms with Crippen molar-refractivity contribution in [3.63, 3.8) is 0 Å². The maximum Gasteiger partial charge on any atom is 0.579 e. The summed E-state index contributed by atoms with van der Waals surface area (Å²) in [7, 11) is -5.94. The molecule has 0 aromatic rings. The second kappa shape index (κ2) is 7.88. The van der Waals surface area contributed by atoms with Crippen LogP contribution in [0.5, 0.6) is 0 Å². The van der Waals surface area contributed by atoms with Crippen LogP contribution in [0.2, 0.25) is 0 Å². The number of ether oxygens (including phenoxy) is 1. The van der Waals surface area contributed by atoms with Crippen molar-refractivity contribution in [3.05, 3.63) is 0 Å². The third-order valence-corrected chi connectivity index (χ3v) is 5.40. The van der Waals surface area contributed by atoms with Gasteiger partial charge in [0.25, 0.3) is 6.17 Å². The molecule has 0 aromatic heterocycles. The SMILES string of the molecule is CO[Si](OC)(OCOC(F)(F)C(F)(F)C(F)(F)F)C(F)(F)C(F)C(F)(F)F. The van der Waals surface area contributed by atoms with Gasteiger partial charge < -0.3 is 13.3 Å². The average molecular weight is 456 g/mol. The summed E-state index contributed by atoms with van der Waals surface area (Å²) in [6, 6.07) is 0. The zero-order valence-corrected chi connectivity index (χ0v) is 13.8. The number of alkyl halides is 13. The van der Waals surface area contributed by atoms with Crippen molar-refractivity contribution in [2.45, 2.75) is 36.1 Å². The highest BCUT2D eigenvalue weighted by molar-refractivity contribution is 6.63. The van der Waals surface area contributed by atoms with Gasteiger partial charge in [-0.1, -0.05) is 0 Å². The van der Waals surface area contributed by atoms with Gasteiger partial charge >= 0.3 is 38.7 Å². The highest BCUT2D eigenvalue weighted by Gasteiger charge is 2.76. The normalized spacial score (nSPS) is 16.6. The van der Waals surface area contributed by atoms with Gasteiger partial charge in [0.1, 0.15) is 6.79 Å². The van der Waals surface area contributed by atoms with Crippen molar-refractivity contribution >= 4 is 8.80 Å². The number of rotatable bonds is 9. The zero-order chi connectivity index (χ0) is 22.1. The van der Waals surface area contributed by atoms with E-state index in [-0.39, 0.29) is 14.2 Å². The first-order valence-electron chi connectivity index (χ1n) is 6.02. The van der Waals surface area contributed by atoms with Gasteiger partial charge in [0, 0.05) is 14.2 Å². The first kappa shape index (κ1) is 26.1. The Morgan fingerprint density at radius 3 is 1.48 bits per heavy atom. The van der Waals surface area contributed by atoms with Gasteiger partial charge in [0.05, 0.1) is 0 Å². The molecule has 0 aliphatic rings. The van der Waals surface area contributed by atoms with Crippen LogP contribution in [0.1, 0.15) is 0 Å². The minimum atomic E-state index is -6.85. The second-order valence-corrected chi connectivity index (χ2v) is 7.37. The van der Waals surface area contributed by atoms with Crippen molar-refractivity contribution in [1.29, 1.82) is 0 Å². The molecule has 0 saturated carbocycles. The Bertz CT molecular complexity index is 487. The summed E-state index contributed by atoms with van der Waals surface area (Å²) in [5, 5.41) is 0. The Hall–Kier alpha value is -0.853. The standard InChI is InChI=1S/C9H9F13O4Si/c1-23-27(24-2,6(14,15)4(10)5(11,12)13)26-3-25-9(21,22)7(16,17)8(18,19)20/h4H,3H2,1-2H3. The maximum atomic E-state index is 13.7. The summed E-state index contributed by atoms with van der Waals surface area (Å²) in [5.74, 6) is -6.83. The Morgan fingerprint density at radius 2 is 1.19 bits per heavy atom. The van der Waals surface area contributed by atoms with Crippen LogP contribution in [0.25, 0.3) is 0 Å². The summed E-state index contributed by atoms with van der Waals surface area (Å²) in [4.78, 5) is 0. The lowest BCUT2D eigenvalue weighted by atomic mass is 10.3. The number of hydrogen-bond donors (Lipinski definition) is 0. The largest absolute Gasteiger partial charge is 0.579 e. The van der Waals surface area contributed by atoms with Gasteiger partial charge in [-0.3, -0.25) is 4.74 Å². The number of halogens is 13. The van der Waals surface area contributed by atoms with E-state index in [2.05, 4.69) is 18.0 Å². The molecule has 0 heterocycles. The second-order valence-electron chi connectivity index (χ2n) is 4.49. The zero-order valence-electron chi connectivity index (χ0n) is 12.8. The molecule has 0 spiro atoms. The third-order valence-electron chi connectivity index (χ3n) is 2.76. The van der Waals surface area contributed by atoms with Crippen LogP contribution in [0, 0.1) is 0 Å². The van der Waals surface area contributed by atoms with E-state index in [0.29, 0.717) is 0 Å². The average Bonchev–Trinajstić information content (AvgIpc) is 2.48. The van der Waals surface area contributed by atoms with E-state index in [0.717, 1.165) is 0 Å². The molecule has 0 rings (SSSR count). The van der Waals surface area contributed by atoms with Crippen molar-refractivity contribution in [2.24, 2.45) is 0 Å². The van der Waals surface area contributed by atoms with Crippen LogP contribution in [0.15, 0.2) is 0 Å². The van der Waals surface area contributed by atoms with E-state index in [1.807, 2.05) is 0 Å². The van der Waals surface area contributed by atoms with Crippen LogP contribution in [-0.4, -0.2) is 65.9 Å². The molecule has 0 N–H and O–H groups in total. The predicted molar refractivity (Wildman–Crippen MR) is 58.7 cm³/mol. The summed E-state index contributed by atoms with van der Waals surface area (Å²) in [6.07, 6.45) is -24.5. The summed E-state index contributed by atoms with van der Waals surface area (Å²) < 4.78 is 177. The van der Waals surface area contributed by atoms with E-state index in [9.17, 15) is 57.1 Å². The van der Waals surface area contributed by atoms with Gasteiger partial charge in [0.15, 0.2) is 0 Å². The molecule has 0 aliphatic carbocycles. The lowest BCUT2D eigenvalue weighted by molar-refractivity contribution is -0.432. The smallest absolute Gasteiger partial charge is 0.373 e. The fourth-order valence-electron chi connectivity index (χ4n) is 1.37. The Labute approximate surface area is 142 Å². The van der Waals surface area contributed by atoms with E-state index in [1.165, 1.54) is 0 Å². The molecular formula is C9H9F13O4Si. The molecule has 164 valence electrons. The van der Waals surface area contributed by atoms with Crippen molar-refractivity contribution in [2.75, 3.05) is 21.0 Å². The van der Waals surface area contributed by atoms with Gasteiger partial charge in [0.2, 0.25) is 0 Å². The lowest BCUT2D eigenvalue weighted by Crippen LogP contribution is -2.66. The summed E-state index contributed by atoms with van der Waals surface area (Å²) in [5.41, 5.74) is -5.71. The molecule has 18 heteroatoms. The minimum absolute atomic E-state index is 0.162. The molecule has 0 bridgehead atoms. The van der Waals surface area contributed by atoms with E-state index in [1.54, 1.807) is 0 Å². The Morgan fingerprint density at radius 1 is 0.778 bits per heavy atom. The molecular weight excluding hydrogens is 447 g/mol. The predicted octanol–water partition coefficient (Wildman–Crippen LogP) is 4.07. The molecule has 1 atom stereocenters. The quantitative estimate of drug-likeness (QED) is 0.298. The molecule has 0 amide bonds. The topological polar surface area (TPSA) is 36.9 Å². The monoisotopic (exact) mass is 456 g/mol. The Kier molecular flexibility index (Phi) is 7.63. The molecule has 27 heavy (non-hydrogen) atoms. The molecule has 0 saturated heterocycles. The van der Waals surface area contributed by atoms with Crippen molar-refractivity contribution in [3.8, 4) is 0 Å². The van der Waals surface area contributed by atoms with Crippen molar-refractivity contribution < 1.29 is 75.1 Å². The number of hydrogen-bond acceptors (Lipinski definition) is 4. The van der Waals surface area contributed by atoms with Crippen LogP contribution in [0.3, 0.4) is 0 Å². The molecule has 4 nitrogen and oxygen atoms in total. The minimum Gasteiger partial charge on any atom is -0.373 e. The maximum absolute atomic E-state index is 13.7. The molecule has 1 unspecified atom stereocenters. The molecule has 0 aromatic carbocycles. The van der Waals surface area contributed by atoms with Gasteiger partial charge in [-0.2, -0.15) is 52.7 Å². The van der Waals surface area contributed by atoms with Crippen molar-refractivity contribution in [1.82, 2.24) is 0 Å². The van der Waals surface area contributed by atoms with Crippen LogP contribution in [0.4, 0.5) is 57.1 Å². The molecule has 0 radical (unpaired) electrons. The lowest BCUT2D eigenvalue weighted by Gasteiger charge is -2.35. The highest BCUT2D eigenvalue weighted by Crippen LogP contribution is 2.47. The van der Waals surface area contributed by atoms with Crippen LogP contribution < -0.4 is 0 Å². The fraction of sp³-hybridized carbons (Fsp3) is 1.00. The van der Waals surface area contributed by atoms with Gasteiger partial charge in [-0.25, -0.2) is 4.39 Å².